The molecule has 0 N–H and O–H groups in total. The Morgan fingerprint density at radius 1 is 1.10 bits per heavy atom. The minimum absolute atomic E-state index is 0.193. The van der Waals surface area contributed by atoms with Gasteiger partial charge in [0, 0.05) is 29.2 Å². The van der Waals surface area contributed by atoms with Crippen LogP contribution in [0.15, 0.2) is 42.5 Å². The Morgan fingerprint density at radius 3 is 2.20 bits per heavy atom. The second-order valence-corrected chi connectivity index (χ2v) is 5.32. The third-order valence-corrected chi connectivity index (χ3v) is 3.22. The van der Waals surface area contributed by atoms with E-state index in [2.05, 4.69) is 0 Å². The van der Waals surface area contributed by atoms with Crippen LogP contribution in [-0.4, -0.2) is 17.9 Å². The van der Waals surface area contributed by atoms with Crippen LogP contribution in [0.4, 0.5) is 4.39 Å². The molecule has 104 valence electrons. The fourth-order valence-corrected chi connectivity index (χ4v) is 2.43. The Kier molecular flexibility index (Phi) is 4.63. The zero-order chi connectivity index (χ0) is 14.7. The summed E-state index contributed by atoms with van der Waals surface area (Å²) in [5.41, 5.74) is 1.27. The van der Waals surface area contributed by atoms with Gasteiger partial charge in [-0.25, -0.2) is 4.39 Å². The Morgan fingerprint density at radius 2 is 1.65 bits per heavy atom. The maximum absolute atomic E-state index is 12.8. The number of nitrogens with zero attached hydrogens (tertiary/aromatic N) is 1. The van der Waals surface area contributed by atoms with Crippen molar-refractivity contribution >= 4 is 29.1 Å². The molecule has 5 heteroatoms. The van der Waals surface area contributed by atoms with Crippen LogP contribution in [0.3, 0.4) is 0 Å². The number of carbonyl (C=O) groups is 1. The first-order chi connectivity index (χ1) is 9.45. The molecule has 2 nitrogen and oxygen atoms in total. The number of halogens is 3. The summed E-state index contributed by atoms with van der Waals surface area (Å²) in [4.78, 5) is 13.7. The van der Waals surface area contributed by atoms with Crippen LogP contribution >= 0.6 is 23.2 Å². The molecular weight excluding hydrogens is 300 g/mol. The van der Waals surface area contributed by atoms with E-state index in [4.69, 9.17) is 23.2 Å². The first kappa shape index (κ1) is 14.8. The van der Waals surface area contributed by atoms with Crippen molar-refractivity contribution in [2.75, 3.05) is 7.05 Å². The molecule has 0 bridgehead atoms. The van der Waals surface area contributed by atoms with Gasteiger partial charge < -0.3 is 4.90 Å². The van der Waals surface area contributed by atoms with E-state index < -0.39 is 0 Å². The number of amides is 1. The topological polar surface area (TPSA) is 20.3 Å². The summed E-state index contributed by atoms with van der Waals surface area (Å²) in [6, 6.07) is 10.6. The van der Waals surface area contributed by atoms with Crippen molar-refractivity contribution in [2.45, 2.75) is 6.54 Å². The fourth-order valence-electron chi connectivity index (χ4n) is 1.86. The van der Waals surface area contributed by atoms with Gasteiger partial charge in [-0.1, -0.05) is 23.2 Å². The van der Waals surface area contributed by atoms with Gasteiger partial charge in [0.1, 0.15) is 5.82 Å². The van der Waals surface area contributed by atoms with Gasteiger partial charge in [0.2, 0.25) is 0 Å². The van der Waals surface area contributed by atoms with Crippen LogP contribution in [0, 0.1) is 5.82 Å². The number of rotatable bonds is 3. The monoisotopic (exact) mass is 311 g/mol. The molecule has 0 unspecified atom stereocenters. The molecule has 2 rings (SSSR count). The Balaban J connectivity index is 2.13. The zero-order valence-corrected chi connectivity index (χ0v) is 12.2. The summed E-state index contributed by atoms with van der Waals surface area (Å²) < 4.78 is 12.8. The quantitative estimate of drug-likeness (QED) is 0.822. The lowest BCUT2D eigenvalue weighted by atomic mass is 10.1. The van der Waals surface area contributed by atoms with Crippen molar-refractivity contribution in [1.29, 1.82) is 0 Å². The van der Waals surface area contributed by atoms with Crippen molar-refractivity contribution in [3.05, 3.63) is 69.5 Å². The molecule has 0 radical (unpaired) electrons. The first-order valence-electron chi connectivity index (χ1n) is 5.92. The van der Waals surface area contributed by atoms with E-state index in [1.54, 1.807) is 25.2 Å². The van der Waals surface area contributed by atoms with Gasteiger partial charge in [-0.05, 0) is 48.0 Å². The van der Waals surface area contributed by atoms with E-state index in [9.17, 15) is 9.18 Å². The molecule has 0 heterocycles. The molecule has 1 amide bonds. The summed E-state index contributed by atoms with van der Waals surface area (Å²) in [5.74, 6) is -0.563. The maximum atomic E-state index is 12.8. The van der Waals surface area contributed by atoms with E-state index in [1.165, 1.54) is 29.2 Å². The lowest BCUT2D eigenvalue weighted by molar-refractivity contribution is 0.0785. The maximum Gasteiger partial charge on any atom is 0.253 e. The van der Waals surface area contributed by atoms with Crippen LogP contribution in [0.5, 0.6) is 0 Å². The average Bonchev–Trinajstić information content (AvgIpc) is 2.37. The van der Waals surface area contributed by atoms with Crippen molar-refractivity contribution in [1.82, 2.24) is 4.90 Å². The summed E-state index contributed by atoms with van der Waals surface area (Å²) >= 11 is 11.8. The Labute approximate surface area is 126 Å². The molecule has 2 aromatic carbocycles. The van der Waals surface area contributed by atoms with Crippen molar-refractivity contribution in [3.8, 4) is 0 Å². The van der Waals surface area contributed by atoms with Gasteiger partial charge in [-0.2, -0.15) is 0 Å². The summed E-state index contributed by atoms with van der Waals surface area (Å²) in [7, 11) is 1.67. The number of hydrogen-bond donors (Lipinski definition) is 0. The number of hydrogen-bond acceptors (Lipinski definition) is 1. The van der Waals surface area contributed by atoms with Gasteiger partial charge in [0.05, 0.1) is 0 Å². The first-order valence-corrected chi connectivity index (χ1v) is 6.67. The minimum atomic E-state index is -0.370. The van der Waals surface area contributed by atoms with E-state index in [-0.39, 0.29) is 11.7 Å². The molecule has 20 heavy (non-hydrogen) atoms. The van der Waals surface area contributed by atoms with Crippen LogP contribution in [0.2, 0.25) is 10.0 Å². The molecule has 0 aromatic heterocycles. The molecule has 0 atom stereocenters. The highest BCUT2D eigenvalue weighted by atomic mass is 35.5. The predicted molar refractivity (Wildman–Crippen MR) is 78.7 cm³/mol. The van der Waals surface area contributed by atoms with Gasteiger partial charge in [-0.15, -0.1) is 0 Å². The number of carbonyl (C=O) groups excluding carboxylic acids is 1. The van der Waals surface area contributed by atoms with E-state index in [1.807, 2.05) is 0 Å². The largest absolute Gasteiger partial charge is 0.337 e. The van der Waals surface area contributed by atoms with Crippen molar-refractivity contribution in [3.63, 3.8) is 0 Å². The molecular formula is C15H12Cl2FNO. The normalized spacial score (nSPS) is 10.4. The standard InChI is InChI=1S/C15H12Cl2FNO/c1-19(9-10-6-12(16)8-13(17)7-10)15(20)11-2-4-14(18)5-3-11/h2-8H,9H2,1H3. The van der Waals surface area contributed by atoms with E-state index in [0.717, 1.165) is 5.56 Å². The molecule has 2 aromatic rings. The summed E-state index contributed by atoms with van der Waals surface area (Å²) in [6.07, 6.45) is 0. The lowest BCUT2D eigenvalue weighted by Gasteiger charge is -2.17. The predicted octanol–water partition coefficient (Wildman–Crippen LogP) is 4.40. The fraction of sp³-hybridized carbons (Fsp3) is 0.133. The van der Waals surface area contributed by atoms with Gasteiger partial charge in [0.25, 0.3) is 5.91 Å². The van der Waals surface area contributed by atoms with Gasteiger partial charge in [-0.3, -0.25) is 4.79 Å². The average molecular weight is 312 g/mol. The third kappa shape index (κ3) is 3.71. The second-order valence-electron chi connectivity index (χ2n) is 4.45. The molecule has 0 spiro atoms. The summed E-state index contributed by atoms with van der Waals surface area (Å²) in [5, 5.41) is 1.05. The van der Waals surface area contributed by atoms with Crippen LogP contribution < -0.4 is 0 Å². The van der Waals surface area contributed by atoms with Gasteiger partial charge >= 0.3 is 0 Å². The minimum Gasteiger partial charge on any atom is -0.337 e. The molecule has 0 aliphatic heterocycles. The molecule has 0 saturated heterocycles. The Hall–Kier alpha value is -1.58. The zero-order valence-electron chi connectivity index (χ0n) is 10.7. The van der Waals surface area contributed by atoms with Gasteiger partial charge in [0.15, 0.2) is 0 Å². The SMILES string of the molecule is CN(Cc1cc(Cl)cc(Cl)c1)C(=O)c1ccc(F)cc1. The molecule has 0 aliphatic carbocycles. The highest BCUT2D eigenvalue weighted by molar-refractivity contribution is 6.34. The Bertz CT molecular complexity index is 608. The van der Waals surface area contributed by atoms with Crippen LogP contribution in [-0.2, 0) is 6.54 Å². The smallest absolute Gasteiger partial charge is 0.253 e. The third-order valence-electron chi connectivity index (χ3n) is 2.78. The molecule has 0 fully saturated rings. The van der Waals surface area contributed by atoms with Crippen LogP contribution in [0.25, 0.3) is 0 Å². The highest BCUT2D eigenvalue weighted by Crippen LogP contribution is 2.20. The molecule has 0 aliphatic rings. The number of benzene rings is 2. The van der Waals surface area contributed by atoms with E-state index >= 15 is 0 Å². The van der Waals surface area contributed by atoms with E-state index in [0.29, 0.717) is 22.2 Å². The lowest BCUT2D eigenvalue weighted by Crippen LogP contribution is -2.26. The molecule has 0 saturated carbocycles. The van der Waals surface area contributed by atoms with Crippen molar-refractivity contribution in [2.24, 2.45) is 0 Å². The highest BCUT2D eigenvalue weighted by Gasteiger charge is 2.12. The van der Waals surface area contributed by atoms with Crippen LogP contribution in [0.1, 0.15) is 15.9 Å². The summed E-state index contributed by atoms with van der Waals surface area (Å²) in [6.45, 7) is 0.372. The second kappa shape index (κ2) is 6.25. The van der Waals surface area contributed by atoms with Crippen molar-refractivity contribution < 1.29 is 9.18 Å².